The van der Waals surface area contributed by atoms with Gasteiger partial charge in [-0.2, -0.15) is 26.3 Å². The monoisotopic (exact) mass is 618 g/mol. The third kappa shape index (κ3) is 5.46. The molecule has 0 amide bonds. The van der Waals surface area contributed by atoms with Gasteiger partial charge in [0.15, 0.2) is 15.6 Å². The van der Waals surface area contributed by atoms with Crippen molar-refractivity contribution in [3.8, 4) is 5.69 Å². The van der Waals surface area contributed by atoms with Crippen molar-refractivity contribution in [2.45, 2.75) is 29.3 Å². The van der Waals surface area contributed by atoms with Crippen LogP contribution in [0.3, 0.4) is 0 Å². The van der Waals surface area contributed by atoms with Crippen molar-refractivity contribution in [3.63, 3.8) is 0 Å². The first-order chi connectivity index (χ1) is 19.4. The van der Waals surface area contributed by atoms with Crippen LogP contribution >= 0.6 is 0 Å². The van der Waals surface area contributed by atoms with Gasteiger partial charge in [0.1, 0.15) is 16.5 Å². The molecule has 4 rings (SSSR count). The average Bonchev–Trinajstić information content (AvgIpc) is 2.87. The van der Waals surface area contributed by atoms with Crippen molar-refractivity contribution in [1.82, 2.24) is 9.55 Å². The number of rotatable bonds is 7. The Morgan fingerprint density at radius 1 is 0.905 bits per heavy atom. The van der Waals surface area contributed by atoms with Crippen molar-refractivity contribution in [2.24, 2.45) is 0 Å². The average molecular weight is 618 g/mol. The number of aromatic nitrogens is 2. The van der Waals surface area contributed by atoms with Gasteiger partial charge in [0, 0.05) is 12.0 Å². The fourth-order valence-electron chi connectivity index (χ4n) is 4.21. The first-order valence-corrected chi connectivity index (χ1v) is 13.2. The Bertz CT molecular complexity index is 1820. The topological polar surface area (TPSA) is 127 Å². The van der Waals surface area contributed by atoms with E-state index >= 15 is 0 Å². The lowest BCUT2D eigenvalue weighted by atomic mass is 9.92. The fraction of sp³-hybridized carbons (Fsp3) is 0.192. The predicted octanol–water partition coefficient (Wildman–Crippen LogP) is 4.29. The highest BCUT2D eigenvalue weighted by Gasteiger charge is 2.71. The Kier molecular flexibility index (Phi) is 7.67. The summed E-state index contributed by atoms with van der Waals surface area (Å²) in [4.78, 5) is 27.7. The van der Waals surface area contributed by atoms with E-state index in [1.165, 1.54) is 0 Å². The molecule has 0 aliphatic rings. The van der Waals surface area contributed by atoms with Gasteiger partial charge < -0.3 is 10.2 Å². The molecule has 0 atom stereocenters. The zero-order valence-electron chi connectivity index (χ0n) is 20.7. The summed E-state index contributed by atoms with van der Waals surface area (Å²) in [5.41, 5.74) is -8.03. The van der Waals surface area contributed by atoms with Gasteiger partial charge in [0.2, 0.25) is 0 Å². The van der Waals surface area contributed by atoms with E-state index in [9.17, 15) is 53.8 Å². The van der Waals surface area contributed by atoms with Crippen molar-refractivity contribution in [1.29, 1.82) is 0 Å². The summed E-state index contributed by atoms with van der Waals surface area (Å²) < 4.78 is 120. The number of carboxylic acid groups (broad SMARTS) is 1. The molecule has 0 saturated heterocycles. The second kappa shape index (κ2) is 10.5. The van der Waals surface area contributed by atoms with Crippen LogP contribution in [0.1, 0.15) is 17.0 Å². The molecule has 8 nitrogen and oxygen atoms in total. The van der Waals surface area contributed by atoms with E-state index in [1.807, 2.05) is 0 Å². The summed E-state index contributed by atoms with van der Waals surface area (Å²) in [5, 5.41) is 18.0. The maximum Gasteiger partial charge on any atom is 0.430 e. The quantitative estimate of drug-likeness (QED) is 0.296. The summed E-state index contributed by atoms with van der Waals surface area (Å²) >= 11 is 0. The Morgan fingerprint density at radius 3 is 2.00 bits per heavy atom. The lowest BCUT2D eigenvalue weighted by Gasteiger charge is -2.32. The fourth-order valence-corrected chi connectivity index (χ4v) is 5.34. The number of nitrogens with zero attached hydrogens (tertiary/aromatic N) is 2. The summed E-state index contributed by atoms with van der Waals surface area (Å²) in [6, 6.07) is 11.3. The number of aliphatic hydroxyl groups is 1. The number of hydrogen-bond acceptors (Lipinski definition) is 6. The van der Waals surface area contributed by atoms with Crippen molar-refractivity contribution >= 4 is 26.7 Å². The normalized spacial score (nSPS) is 13.0. The SMILES string of the molecule is O=C(O)CS(=O)(=O)c1cc2nc(Cc3ccccc3)n(-c3ccc(C(O)(C(F)(F)F)C(F)(F)F)cc3)c(=O)c2cc1F. The highest BCUT2D eigenvalue weighted by atomic mass is 32.2. The highest BCUT2D eigenvalue weighted by Crippen LogP contribution is 2.50. The third-order valence-corrected chi connectivity index (χ3v) is 7.82. The molecule has 0 radical (unpaired) electrons. The first kappa shape index (κ1) is 30.6. The van der Waals surface area contributed by atoms with Crippen LogP contribution in [0.4, 0.5) is 30.7 Å². The second-order valence-electron chi connectivity index (χ2n) is 9.04. The maximum absolute atomic E-state index is 14.8. The molecule has 0 fully saturated rings. The molecule has 4 aromatic rings. The largest absolute Gasteiger partial charge is 0.480 e. The summed E-state index contributed by atoms with van der Waals surface area (Å²) in [6.45, 7) is 0. The van der Waals surface area contributed by atoms with E-state index in [4.69, 9.17) is 5.11 Å². The van der Waals surface area contributed by atoms with Gasteiger partial charge >= 0.3 is 18.3 Å². The third-order valence-electron chi connectivity index (χ3n) is 6.21. The molecule has 0 aliphatic carbocycles. The van der Waals surface area contributed by atoms with Crippen LogP contribution in [-0.2, 0) is 26.7 Å². The van der Waals surface area contributed by atoms with E-state index in [2.05, 4.69) is 4.98 Å². The smallest absolute Gasteiger partial charge is 0.430 e. The molecule has 1 aromatic heterocycles. The molecule has 0 bridgehead atoms. The van der Waals surface area contributed by atoms with Crippen LogP contribution in [0.15, 0.2) is 76.4 Å². The summed E-state index contributed by atoms with van der Waals surface area (Å²) in [5.74, 6) is -4.89. The Labute approximate surface area is 231 Å². The van der Waals surface area contributed by atoms with Crippen LogP contribution < -0.4 is 5.56 Å². The molecule has 222 valence electrons. The van der Waals surface area contributed by atoms with E-state index in [-0.39, 0.29) is 23.4 Å². The number of sulfone groups is 1. The molecule has 0 saturated carbocycles. The zero-order chi connectivity index (χ0) is 31.3. The van der Waals surface area contributed by atoms with Crippen LogP contribution in [0, 0.1) is 5.82 Å². The van der Waals surface area contributed by atoms with Crippen molar-refractivity contribution in [3.05, 3.63) is 99.9 Å². The molecule has 3 aromatic carbocycles. The van der Waals surface area contributed by atoms with Crippen molar-refractivity contribution < 1.29 is 54.2 Å². The van der Waals surface area contributed by atoms with Gasteiger partial charge in [0.25, 0.3) is 11.2 Å². The molecule has 2 N–H and O–H groups in total. The second-order valence-corrected chi connectivity index (χ2v) is 11.0. The van der Waals surface area contributed by atoms with Gasteiger partial charge in [-0.15, -0.1) is 0 Å². The van der Waals surface area contributed by atoms with Crippen LogP contribution in [-0.4, -0.2) is 52.3 Å². The molecule has 0 unspecified atom stereocenters. The Balaban J connectivity index is 1.97. The summed E-state index contributed by atoms with van der Waals surface area (Å²) in [7, 11) is -4.70. The standard InChI is InChI=1S/C26H17F7N2O6S/c27-18-11-17-19(12-20(18)42(40,41)13-22(36)37)34-21(10-14-4-2-1-3-5-14)35(23(17)38)16-8-6-15(7-9-16)24(39,25(28,29)30)26(31,32)33/h1-9,11-12,39H,10,13H2,(H,36,37). The number of fused-ring (bicyclic) bond motifs is 1. The van der Waals surface area contributed by atoms with Gasteiger partial charge in [0.05, 0.1) is 16.6 Å². The molecule has 0 spiro atoms. The zero-order valence-corrected chi connectivity index (χ0v) is 21.6. The minimum Gasteiger partial charge on any atom is -0.480 e. The number of carbonyl (C=O) groups is 1. The molecular weight excluding hydrogens is 601 g/mol. The van der Waals surface area contributed by atoms with Crippen LogP contribution in [0.5, 0.6) is 0 Å². The highest BCUT2D eigenvalue weighted by molar-refractivity contribution is 7.92. The van der Waals surface area contributed by atoms with Gasteiger partial charge in [-0.25, -0.2) is 17.8 Å². The predicted molar refractivity (Wildman–Crippen MR) is 132 cm³/mol. The van der Waals surface area contributed by atoms with Gasteiger partial charge in [-0.05, 0) is 29.8 Å². The minimum absolute atomic E-state index is 0.169. The molecule has 16 heteroatoms. The Hall–Kier alpha value is -4.31. The Morgan fingerprint density at radius 2 is 1.48 bits per heavy atom. The lowest BCUT2D eigenvalue weighted by Crippen LogP contribution is -2.53. The maximum atomic E-state index is 14.8. The molecular formula is C26H17F7N2O6S. The van der Waals surface area contributed by atoms with Gasteiger partial charge in [-0.3, -0.25) is 14.2 Å². The number of halogens is 7. The first-order valence-electron chi connectivity index (χ1n) is 11.6. The molecule has 1 heterocycles. The van der Waals surface area contributed by atoms with E-state index < -0.39 is 66.7 Å². The molecule has 0 aliphatic heterocycles. The van der Waals surface area contributed by atoms with E-state index in [1.54, 1.807) is 30.3 Å². The number of carboxylic acids is 1. The van der Waals surface area contributed by atoms with Crippen molar-refractivity contribution in [2.75, 3.05) is 5.75 Å². The number of alkyl halides is 6. The number of hydrogen-bond donors (Lipinski definition) is 2. The van der Waals surface area contributed by atoms with E-state index in [0.717, 1.165) is 4.57 Å². The molecule has 42 heavy (non-hydrogen) atoms. The summed E-state index contributed by atoms with van der Waals surface area (Å²) in [6.07, 6.45) is -12.5. The van der Waals surface area contributed by atoms with Crippen LogP contribution in [0.25, 0.3) is 16.6 Å². The lowest BCUT2D eigenvalue weighted by molar-refractivity contribution is -0.376. The van der Waals surface area contributed by atoms with Gasteiger partial charge in [-0.1, -0.05) is 42.5 Å². The minimum atomic E-state index is -6.15. The number of aliphatic carboxylic acids is 1. The number of benzene rings is 3. The van der Waals surface area contributed by atoms with E-state index in [0.29, 0.717) is 42.0 Å². The van der Waals surface area contributed by atoms with Crippen LogP contribution in [0.2, 0.25) is 0 Å².